The zero-order valence-electron chi connectivity index (χ0n) is 23.9. The lowest BCUT2D eigenvalue weighted by atomic mass is 9.86. The molecule has 0 amide bonds. The lowest BCUT2D eigenvalue weighted by molar-refractivity contribution is -1.27. The second kappa shape index (κ2) is 13.0. The number of hydrogen-bond acceptors (Lipinski definition) is 5. The first-order chi connectivity index (χ1) is 19.6. The van der Waals surface area contributed by atoms with Gasteiger partial charge < -0.3 is 4.18 Å². The van der Waals surface area contributed by atoms with E-state index in [1.165, 1.54) is 7.05 Å². The molecule has 0 spiro atoms. The van der Waals surface area contributed by atoms with Gasteiger partial charge in [-0.05, 0) is 49.3 Å². The number of unbranched alkanes of at least 4 members (excludes halogenated alkanes) is 2. The van der Waals surface area contributed by atoms with E-state index in [9.17, 15) is 65.5 Å². The predicted molar refractivity (Wildman–Crippen MR) is 128 cm³/mol. The minimum atomic E-state index is -8.29. The second-order valence-corrected chi connectivity index (χ2v) is 11.4. The van der Waals surface area contributed by atoms with Crippen molar-refractivity contribution in [2.45, 2.75) is 94.0 Å². The van der Waals surface area contributed by atoms with Crippen molar-refractivity contribution in [3.8, 4) is 5.75 Å². The van der Waals surface area contributed by atoms with E-state index in [1.807, 2.05) is 6.92 Å². The number of quaternary nitrogens is 1. The van der Waals surface area contributed by atoms with Crippen LogP contribution in [0.4, 0.5) is 57.1 Å². The van der Waals surface area contributed by atoms with Crippen molar-refractivity contribution in [1.29, 1.82) is 0 Å². The molecule has 1 rings (SSSR count). The lowest BCUT2D eigenvalue weighted by Gasteiger charge is -2.43. The molecule has 0 saturated heterocycles. The van der Waals surface area contributed by atoms with Crippen LogP contribution in [0, 0.1) is 0 Å². The maximum absolute atomic E-state index is 14.3. The van der Waals surface area contributed by atoms with E-state index in [1.54, 1.807) is 20.8 Å². The Hall–Kier alpha value is -2.06. The van der Waals surface area contributed by atoms with Crippen LogP contribution < -0.4 is 4.18 Å². The Morgan fingerprint density at radius 2 is 1.11 bits per heavy atom. The molecule has 0 aliphatic carbocycles. The summed E-state index contributed by atoms with van der Waals surface area (Å²) in [6, 6.07) is 3.25. The number of benzene rings is 1. The van der Waals surface area contributed by atoms with Crippen LogP contribution >= 0.6 is 0 Å². The van der Waals surface area contributed by atoms with Gasteiger partial charge in [-0.3, -0.25) is 0 Å². The highest BCUT2D eigenvalue weighted by Crippen LogP contribution is 2.61. The summed E-state index contributed by atoms with van der Waals surface area (Å²) in [4.78, 5) is 11.0. The topological polar surface area (TPSA) is 61.8 Å². The molecule has 0 N–H and O–H groups in total. The summed E-state index contributed by atoms with van der Waals surface area (Å²) < 4.78 is 202. The molecule has 20 heteroatoms. The molecule has 258 valence electrons. The molecule has 0 bridgehead atoms. The fraction of sp³-hybridized carbons (Fsp3) is 0.750. The van der Waals surface area contributed by atoms with Crippen molar-refractivity contribution in [3.05, 3.63) is 29.8 Å². The molecule has 0 fully saturated rings. The van der Waals surface area contributed by atoms with Gasteiger partial charge in [-0.15, -0.1) is 0 Å². The smallest absolute Gasteiger partial charge is 0.378 e. The Morgan fingerprint density at radius 3 is 1.50 bits per heavy atom. The second-order valence-electron chi connectivity index (χ2n) is 9.79. The van der Waals surface area contributed by atoms with Crippen LogP contribution in [0.2, 0.25) is 0 Å². The van der Waals surface area contributed by atoms with Gasteiger partial charge in [-0.25, -0.2) is 0 Å². The number of alkyl halides is 13. The average Bonchev–Trinajstić information content (AvgIpc) is 2.87. The van der Waals surface area contributed by atoms with Crippen molar-refractivity contribution in [2.75, 3.05) is 20.3 Å². The highest BCUT2D eigenvalue weighted by molar-refractivity contribution is 7.88. The highest BCUT2D eigenvalue weighted by atomic mass is 32.2. The number of halogens is 13. The van der Waals surface area contributed by atoms with E-state index in [4.69, 9.17) is 9.68 Å². The van der Waals surface area contributed by atoms with Gasteiger partial charge >= 0.3 is 45.2 Å². The molecule has 6 nitrogen and oxygen atoms in total. The zero-order chi connectivity index (χ0) is 34.8. The monoisotopic (exact) mass is 692 g/mol. The van der Waals surface area contributed by atoms with E-state index in [-0.39, 0.29) is 18.8 Å². The molecule has 0 heterocycles. The third-order valence-electron chi connectivity index (χ3n) is 6.82. The number of nitrogens with zero attached hydrogens (tertiary/aromatic N) is 1. The van der Waals surface area contributed by atoms with E-state index in [0.29, 0.717) is 25.0 Å². The quantitative estimate of drug-likeness (QED) is 0.0542. The Morgan fingerprint density at radius 1 is 0.682 bits per heavy atom. The molecule has 1 atom stereocenters. The number of hydrogen-bond donors (Lipinski definition) is 0. The van der Waals surface area contributed by atoms with E-state index in [0.717, 1.165) is 25.0 Å². The molecule has 44 heavy (non-hydrogen) atoms. The molecule has 0 aliphatic rings. The maximum Gasteiger partial charge on any atom is 0.460 e. The van der Waals surface area contributed by atoms with Gasteiger partial charge in [0.25, 0.3) is 0 Å². The van der Waals surface area contributed by atoms with Crippen LogP contribution in [0.25, 0.3) is 0 Å². The van der Waals surface area contributed by atoms with E-state index in [2.05, 4.69) is 4.18 Å². The van der Waals surface area contributed by atoms with Gasteiger partial charge in [0.15, 0.2) is 5.54 Å². The van der Waals surface area contributed by atoms with Crippen LogP contribution in [-0.2, 0) is 25.3 Å². The Labute approximate surface area is 244 Å². The van der Waals surface area contributed by atoms with Crippen LogP contribution in [0.3, 0.4) is 0 Å². The molecule has 0 aliphatic heterocycles. The van der Waals surface area contributed by atoms with E-state index < -0.39 is 61.3 Å². The van der Waals surface area contributed by atoms with E-state index >= 15 is 0 Å². The van der Waals surface area contributed by atoms with Crippen LogP contribution in [0.15, 0.2) is 24.3 Å². The lowest BCUT2D eigenvalue weighted by Crippen LogP contribution is -2.71. The van der Waals surface area contributed by atoms with Crippen molar-refractivity contribution in [2.24, 2.45) is 0 Å². The number of hydroxylamine groups is 4. The summed E-state index contributed by atoms with van der Waals surface area (Å²) in [6.07, 6.45) is -5.19. The Kier molecular flexibility index (Phi) is 11.8. The summed E-state index contributed by atoms with van der Waals surface area (Å²) in [7, 11) is -5.96. The fourth-order valence-electron chi connectivity index (χ4n) is 4.08. The first-order valence-corrected chi connectivity index (χ1v) is 14.2. The standard InChI is InChI=1S/C24H31F13NO5S/c1-6-9-10-15-18(4,38(5,41-7-2)42-8-3)16-11-13-17(14-12-16)43-44(39,40)24(36,37)22(31,32)20(27,28)19(25,26)21(29,30)23(33,34)35/h11-14H,6-10,15H2,1-5H3/q+1. The zero-order valence-corrected chi connectivity index (χ0v) is 24.7. The van der Waals surface area contributed by atoms with Crippen molar-refractivity contribution < 1.29 is 84.2 Å². The predicted octanol–water partition coefficient (Wildman–Crippen LogP) is 8.24. The van der Waals surface area contributed by atoms with Crippen LogP contribution in [0.1, 0.15) is 58.9 Å². The Bertz CT molecular complexity index is 1200. The summed E-state index contributed by atoms with van der Waals surface area (Å²) in [5, 5.41) is -7.47. The van der Waals surface area contributed by atoms with Gasteiger partial charge in [0.1, 0.15) is 26.0 Å². The third kappa shape index (κ3) is 6.58. The van der Waals surface area contributed by atoms with Gasteiger partial charge in [0, 0.05) is 18.9 Å². The van der Waals surface area contributed by atoms with Gasteiger partial charge in [0.05, 0.1) is 0 Å². The molecule has 0 radical (unpaired) electrons. The third-order valence-corrected chi connectivity index (χ3v) is 8.11. The fourth-order valence-corrected chi connectivity index (χ4v) is 4.99. The molecular formula is C24H31F13NO5S+. The van der Waals surface area contributed by atoms with Crippen molar-refractivity contribution in [1.82, 2.24) is 0 Å². The van der Waals surface area contributed by atoms with Gasteiger partial charge in [0.2, 0.25) is 0 Å². The summed E-state index contributed by atoms with van der Waals surface area (Å²) in [6.45, 7) is 7.09. The molecule has 1 aromatic rings. The van der Waals surface area contributed by atoms with Crippen LogP contribution in [-0.4, -0.2) is 68.6 Å². The van der Waals surface area contributed by atoms with Crippen LogP contribution in [0.5, 0.6) is 5.75 Å². The molecule has 1 aromatic carbocycles. The number of rotatable bonds is 17. The minimum absolute atomic E-state index is 0.126. The summed E-state index contributed by atoms with van der Waals surface area (Å²) >= 11 is 0. The maximum atomic E-state index is 14.3. The van der Waals surface area contributed by atoms with Gasteiger partial charge in [-0.1, -0.05) is 19.8 Å². The van der Waals surface area contributed by atoms with Crippen molar-refractivity contribution >= 4 is 10.1 Å². The normalized spacial score (nSPS) is 16.1. The average molecular weight is 693 g/mol. The molecule has 0 aromatic heterocycles. The SMILES string of the molecule is CCCCCC(C)(c1ccc(OS(=O)(=O)C(F)(F)C(F)(F)C(F)(F)C(F)(F)C(F)(F)C(F)(F)F)cc1)[N+](C)(OCC)OCC. The molecule has 0 saturated carbocycles. The summed E-state index contributed by atoms with van der Waals surface area (Å²) in [5.74, 6) is -33.9. The largest absolute Gasteiger partial charge is 0.460 e. The summed E-state index contributed by atoms with van der Waals surface area (Å²) in [5.41, 5.74) is -0.854. The minimum Gasteiger partial charge on any atom is -0.378 e. The first-order valence-electron chi connectivity index (χ1n) is 12.8. The molecular weight excluding hydrogens is 661 g/mol. The van der Waals surface area contributed by atoms with Crippen molar-refractivity contribution in [3.63, 3.8) is 0 Å². The Balaban J connectivity index is 3.57. The first kappa shape index (κ1) is 40.0. The van der Waals surface area contributed by atoms with Gasteiger partial charge in [-0.2, -0.15) is 75.2 Å². The molecule has 1 unspecified atom stereocenters. The highest BCUT2D eigenvalue weighted by Gasteiger charge is 2.93.